The number of fused-ring (bicyclic) bond motifs is 1. The molecule has 1 saturated heterocycles. The third kappa shape index (κ3) is 2.33. The van der Waals surface area contributed by atoms with Crippen molar-refractivity contribution in [3.8, 4) is 0 Å². The second-order valence-electron chi connectivity index (χ2n) is 3.83. The second-order valence-corrected chi connectivity index (χ2v) is 3.83. The van der Waals surface area contributed by atoms with E-state index in [-0.39, 0.29) is 30.7 Å². The molecule has 0 radical (unpaired) electrons. The van der Waals surface area contributed by atoms with Crippen molar-refractivity contribution < 1.29 is 19.4 Å². The van der Waals surface area contributed by atoms with Gasteiger partial charge in [0.15, 0.2) is 0 Å². The van der Waals surface area contributed by atoms with Gasteiger partial charge in [0.2, 0.25) is 0 Å². The Morgan fingerprint density at radius 2 is 2.29 bits per heavy atom. The van der Waals surface area contributed by atoms with Crippen molar-refractivity contribution in [2.75, 3.05) is 0 Å². The molecule has 0 aliphatic carbocycles. The molecule has 4 nitrogen and oxygen atoms in total. The fourth-order valence-corrected chi connectivity index (χ4v) is 1.64. The monoisotopic (exact) mass is 198 g/mol. The Labute approximate surface area is 82.5 Å². The van der Waals surface area contributed by atoms with Crippen molar-refractivity contribution in [3.63, 3.8) is 0 Å². The Kier molecular flexibility index (Phi) is 2.56. The summed E-state index contributed by atoms with van der Waals surface area (Å²) in [6, 6.07) is 0. The zero-order valence-electron chi connectivity index (χ0n) is 8.05. The lowest BCUT2D eigenvalue weighted by Gasteiger charge is -2.13. The molecule has 2 rings (SSSR count). The lowest BCUT2D eigenvalue weighted by atomic mass is 10.1. The highest BCUT2D eigenvalue weighted by molar-refractivity contribution is 5.70. The summed E-state index contributed by atoms with van der Waals surface area (Å²) in [6.45, 7) is 1.84. The molecule has 0 aromatic carbocycles. The van der Waals surface area contributed by atoms with Gasteiger partial charge in [-0.25, -0.2) is 0 Å². The average molecular weight is 198 g/mol. The third-order valence-electron chi connectivity index (χ3n) is 2.42. The van der Waals surface area contributed by atoms with E-state index in [1.165, 1.54) is 0 Å². The van der Waals surface area contributed by atoms with E-state index < -0.39 is 6.10 Å². The van der Waals surface area contributed by atoms with Gasteiger partial charge in [-0.3, -0.25) is 4.79 Å². The highest BCUT2D eigenvalue weighted by Gasteiger charge is 2.38. The van der Waals surface area contributed by atoms with E-state index in [1.807, 2.05) is 13.0 Å². The highest BCUT2D eigenvalue weighted by Crippen LogP contribution is 2.29. The molecule has 1 fully saturated rings. The Morgan fingerprint density at radius 1 is 1.50 bits per heavy atom. The second kappa shape index (κ2) is 3.71. The number of rotatable bonds is 0. The van der Waals surface area contributed by atoms with Gasteiger partial charge >= 0.3 is 5.97 Å². The summed E-state index contributed by atoms with van der Waals surface area (Å²) < 4.78 is 10.4. The van der Waals surface area contributed by atoms with Crippen LogP contribution >= 0.6 is 0 Å². The standard InChI is InChI=1S/C10H14O4/c1-6-4-9-8(14-9)3-2-7(11)5-10(12)13-6/h2-3,6-9,11H,4-5H2,1H3/b3-2+/t6-,7+,8+,9-/m0/s1. The molecule has 4 atom stereocenters. The minimum absolute atomic E-state index is 0.0260. The smallest absolute Gasteiger partial charge is 0.309 e. The van der Waals surface area contributed by atoms with Crippen LogP contribution in [0, 0.1) is 0 Å². The van der Waals surface area contributed by atoms with E-state index >= 15 is 0 Å². The number of hydrogen-bond donors (Lipinski definition) is 1. The van der Waals surface area contributed by atoms with Crippen LogP contribution in [0.5, 0.6) is 0 Å². The molecule has 0 bridgehead atoms. The molecule has 2 heterocycles. The number of cyclic esters (lactones) is 1. The molecule has 0 spiro atoms. The van der Waals surface area contributed by atoms with Crippen molar-refractivity contribution in [2.45, 2.75) is 44.2 Å². The summed E-state index contributed by atoms with van der Waals surface area (Å²) in [5.74, 6) is -0.353. The number of carbonyl (C=O) groups excluding carboxylic acids is 1. The molecule has 2 aliphatic heterocycles. The van der Waals surface area contributed by atoms with Crippen LogP contribution in [0.25, 0.3) is 0 Å². The number of hydrogen-bond acceptors (Lipinski definition) is 4. The van der Waals surface area contributed by atoms with Gasteiger partial charge in [0.1, 0.15) is 12.2 Å². The lowest BCUT2D eigenvalue weighted by molar-refractivity contribution is -0.150. The fraction of sp³-hybridized carbons (Fsp3) is 0.700. The summed E-state index contributed by atoms with van der Waals surface area (Å²) in [6.07, 6.45) is 3.55. The van der Waals surface area contributed by atoms with Crippen LogP contribution in [0.1, 0.15) is 19.8 Å². The Hall–Kier alpha value is -0.870. The molecule has 0 amide bonds. The van der Waals surface area contributed by atoms with Crippen LogP contribution in [-0.2, 0) is 14.3 Å². The molecule has 4 heteroatoms. The van der Waals surface area contributed by atoms with E-state index in [0.29, 0.717) is 0 Å². The van der Waals surface area contributed by atoms with Gasteiger partial charge in [-0.15, -0.1) is 0 Å². The molecule has 0 saturated carbocycles. The molecular weight excluding hydrogens is 184 g/mol. The number of esters is 1. The zero-order valence-corrected chi connectivity index (χ0v) is 8.05. The maximum atomic E-state index is 11.2. The van der Waals surface area contributed by atoms with E-state index in [4.69, 9.17) is 9.47 Å². The van der Waals surface area contributed by atoms with Crippen LogP contribution in [0.3, 0.4) is 0 Å². The third-order valence-corrected chi connectivity index (χ3v) is 2.42. The van der Waals surface area contributed by atoms with Crippen LogP contribution in [0.4, 0.5) is 0 Å². The van der Waals surface area contributed by atoms with Crippen LogP contribution in [0.15, 0.2) is 12.2 Å². The van der Waals surface area contributed by atoms with Gasteiger partial charge in [-0.1, -0.05) is 12.2 Å². The van der Waals surface area contributed by atoms with Gasteiger partial charge < -0.3 is 14.6 Å². The number of ether oxygens (including phenoxy) is 2. The number of aliphatic hydroxyl groups excluding tert-OH is 1. The van der Waals surface area contributed by atoms with Crippen molar-refractivity contribution >= 4 is 5.97 Å². The summed E-state index contributed by atoms with van der Waals surface area (Å²) in [4.78, 5) is 11.2. The molecule has 2 aliphatic rings. The molecular formula is C10H14O4. The van der Waals surface area contributed by atoms with Crippen molar-refractivity contribution in [2.24, 2.45) is 0 Å². The molecule has 78 valence electrons. The quantitative estimate of drug-likeness (QED) is 0.347. The van der Waals surface area contributed by atoms with Gasteiger partial charge in [0.05, 0.1) is 18.6 Å². The van der Waals surface area contributed by atoms with Crippen molar-refractivity contribution in [1.82, 2.24) is 0 Å². The highest BCUT2D eigenvalue weighted by atomic mass is 16.6. The van der Waals surface area contributed by atoms with Gasteiger partial charge in [0, 0.05) is 6.42 Å². The van der Waals surface area contributed by atoms with Gasteiger partial charge in [-0.2, -0.15) is 0 Å². The topological polar surface area (TPSA) is 59.1 Å². The van der Waals surface area contributed by atoms with Gasteiger partial charge in [0.25, 0.3) is 0 Å². The largest absolute Gasteiger partial charge is 0.462 e. The number of aliphatic hydroxyl groups is 1. The Balaban J connectivity index is 2.02. The molecule has 0 aromatic heterocycles. The van der Waals surface area contributed by atoms with E-state index in [9.17, 15) is 9.90 Å². The maximum absolute atomic E-state index is 11.2. The number of epoxide rings is 1. The van der Waals surface area contributed by atoms with Crippen LogP contribution < -0.4 is 0 Å². The normalized spacial score (nSPS) is 44.9. The van der Waals surface area contributed by atoms with Crippen LogP contribution in [-0.4, -0.2) is 35.5 Å². The summed E-state index contributed by atoms with van der Waals surface area (Å²) in [5, 5.41) is 9.38. The van der Waals surface area contributed by atoms with E-state index in [2.05, 4.69) is 0 Å². The zero-order chi connectivity index (χ0) is 10.1. The SMILES string of the molecule is C[C@H]1C[C@@H]2O[C@@H]2/C=C/[C@@H](O)CC(=O)O1. The first kappa shape index (κ1) is 9.68. The minimum Gasteiger partial charge on any atom is -0.462 e. The summed E-state index contributed by atoms with van der Waals surface area (Å²) in [5.41, 5.74) is 0. The summed E-state index contributed by atoms with van der Waals surface area (Å²) in [7, 11) is 0. The Morgan fingerprint density at radius 3 is 3.07 bits per heavy atom. The first-order valence-corrected chi connectivity index (χ1v) is 4.86. The van der Waals surface area contributed by atoms with E-state index in [0.717, 1.165) is 6.42 Å². The molecule has 1 N–H and O–H groups in total. The predicted molar refractivity (Wildman–Crippen MR) is 48.6 cm³/mol. The molecule has 0 unspecified atom stereocenters. The maximum Gasteiger partial charge on any atom is 0.309 e. The van der Waals surface area contributed by atoms with Crippen molar-refractivity contribution in [3.05, 3.63) is 12.2 Å². The van der Waals surface area contributed by atoms with Crippen LogP contribution in [0.2, 0.25) is 0 Å². The minimum atomic E-state index is -0.752. The Bertz CT molecular complexity index is 261. The predicted octanol–water partition coefficient (Wildman–Crippen LogP) is 0.396. The first-order chi connectivity index (χ1) is 6.65. The lowest BCUT2D eigenvalue weighted by Crippen LogP contribution is -2.21. The van der Waals surface area contributed by atoms with Gasteiger partial charge in [-0.05, 0) is 6.92 Å². The molecule has 14 heavy (non-hydrogen) atoms. The average Bonchev–Trinajstić information content (AvgIpc) is 2.78. The summed E-state index contributed by atoms with van der Waals surface area (Å²) >= 11 is 0. The molecule has 0 aromatic rings. The number of carbonyl (C=O) groups is 1. The fourth-order valence-electron chi connectivity index (χ4n) is 1.64. The van der Waals surface area contributed by atoms with E-state index in [1.54, 1.807) is 6.08 Å². The first-order valence-electron chi connectivity index (χ1n) is 4.86. The van der Waals surface area contributed by atoms with Crippen molar-refractivity contribution in [1.29, 1.82) is 0 Å².